The van der Waals surface area contributed by atoms with Crippen LogP contribution in [0.25, 0.3) is 5.69 Å². The summed E-state index contributed by atoms with van der Waals surface area (Å²) in [7, 11) is 0. The van der Waals surface area contributed by atoms with Crippen molar-refractivity contribution in [3.05, 3.63) is 77.4 Å². The first-order chi connectivity index (χ1) is 11.5. The van der Waals surface area contributed by atoms with Gasteiger partial charge in [-0.3, -0.25) is 0 Å². The molecule has 0 aliphatic carbocycles. The van der Waals surface area contributed by atoms with Crippen molar-refractivity contribution in [3.63, 3.8) is 0 Å². The quantitative estimate of drug-likeness (QED) is 0.748. The Balaban J connectivity index is 1.74. The van der Waals surface area contributed by atoms with Crippen LogP contribution in [0.1, 0.15) is 29.8 Å². The lowest BCUT2D eigenvalue weighted by Crippen LogP contribution is -2.18. The minimum atomic E-state index is -0.259. The molecule has 1 heterocycles. The zero-order valence-corrected chi connectivity index (χ0v) is 13.7. The Bertz CT molecular complexity index is 827. The maximum Gasteiger partial charge on any atom is 0.123 e. The maximum atomic E-state index is 13.1. The second-order valence-corrected chi connectivity index (χ2v) is 5.85. The van der Waals surface area contributed by atoms with Gasteiger partial charge in [-0.1, -0.05) is 12.1 Å². The van der Waals surface area contributed by atoms with E-state index in [4.69, 9.17) is 0 Å². The van der Waals surface area contributed by atoms with Gasteiger partial charge in [-0.15, -0.1) is 0 Å². The van der Waals surface area contributed by atoms with E-state index in [0.29, 0.717) is 6.54 Å². The summed E-state index contributed by atoms with van der Waals surface area (Å²) in [5, 5.41) is 17.4. The summed E-state index contributed by atoms with van der Waals surface area (Å²) in [6, 6.07) is 13.6. The molecule has 0 radical (unpaired) electrons. The molecule has 0 aliphatic heterocycles. The number of phenolic OH excluding ortho intramolecular Hbond substituents is 1. The van der Waals surface area contributed by atoms with Crippen LogP contribution in [0.5, 0.6) is 5.75 Å². The van der Waals surface area contributed by atoms with Crippen LogP contribution in [0.15, 0.2) is 54.7 Å². The molecular weight excluding hydrogens is 305 g/mol. The Labute approximate surface area is 140 Å². The average Bonchev–Trinajstić information content (AvgIpc) is 2.95. The monoisotopic (exact) mass is 325 g/mol. The number of benzene rings is 2. The van der Waals surface area contributed by atoms with Gasteiger partial charge in [0.15, 0.2) is 0 Å². The highest BCUT2D eigenvalue weighted by molar-refractivity contribution is 5.35. The van der Waals surface area contributed by atoms with E-state index in [1.165, 1.54) is 12.1 Å². The van der Waals surface area contributed by atoms with E-state index < -0.39 is 0 Å². The van der Waals surface area contributed by atoms with Gasteiger partial charge in [0.1, 0.15) is 11.6 Å². The summed E-state index contributed by atoms with van der Waals surface area (Å²) < 4.78 is 14.9. The summed E-state index contributed by atoms with van der Waals surface area (Å²) >= 11 is 0. The van der Waals surface area contributed by atoms with E-state index >= 15 is 0 Å². The average molecular weight is 325 g/mol. The summed E-state index contributed by atoms with van der Waals surface area (Å²) in [5.41, 5.74) is 3.95. The molecule has 2 aromatic carbocycles. The molecule has 24 heavy (non-hydrogen) atoms. The van der Waals surface area contributed by atoms with Gasteiger partial charge >= 0.3 is 0 Å². The zero-order valence-electron chi connectivity index (χ0n) is 13.7. The molecule has 3 rings (SSSR count). The highest BCUT2D eigenvalue weighted by Crippen LogP contribution is 2.21. The predicted octanol–water partition coefficient (Wildman–Crippen LogP) is 3.88. The van der Waals surface area contributed by atoms with Crippen LogP contribution in [0.3, 0.4) is 0 Å². The SMILES string of the molecule is Cc1c([C@H](C)NCc2cccc(O)c2)cnn1-c1ccc(F)cc1. The van der Waals surface area contributed by atoms with Gasteiger partial charge < -0.3 is 10.4 Å². The number of nitrogens with one attached hydrogen (secondary N) is 1. The molecule has 0 unspecified atom stereocenters. The number of halogens is 1. The molecule has 4 nitrogen and oxygen atoms in total. The van der Waals surface area contributed by atoms with Gasteiger partial charge in [0.25, 0.3) is 0 Å². The van der Waals surface area contributed by atoms with Crippen LogP contribution < -0.4 is 5.32 Å². The van der Waals surface area contributed by atoms with Crippen molar-refractivity contribution in [3.8, 4) is 11.4 Å². The van der Waals surface area contributed by atoms with Crippen LogP contribution >= 0.6 is 0 Å². The molecule has 5 heteroatoms. The van der Waals surface area contributed by atoms with Gasteiger partial charge in [-0.25, -0.2) is 9.07 Å². The fraction of sp³-hybridized carbons (Fsp3) is 0.211. The van der Waals surface area contributed by atoms with E-state index in [1.54, 1.807) is 28.9 Å². The number of hydrogen-bond acceptors (Lipinski definition) is 3. The standard InChI is InChI=1S/C19H20FN3O/c1-13(21-11-15-4-3-5-18(24)10-15)19-12-22-23(14(19)2)17-8-6-16(20)7-9-17/h3-10,12-13,21,24H,11H2,1-2H3/t13-/m0/s1. The van der Waals surface area contributed by atoms with E-state index in [9.17, 15) is 9.50 Å². The molecule has 0 bridgehead atoms. The Morgan fingerprint density at radius 3 is 2.67 bits per heavy atom. The molecule has 1 atom stereocenters. The minimum absolute atomic E-state index is 0.0987. The van der Waals surface area contributed by atoms with E-state index in [0.717, 1.165) is 22.5 Å². The fourth-order valence-electron chi connectivity index (χ4n) is 2.74. The molecule has 0 aliphatic rings. The predicted molar refractivity (Wildman–Crippen MR) is 91.6 cm³/mol. The summed E-state index contributed by atoms with van der Waals surface area (Å²) in [6.07, 6.45) is 1.83. The van der Waals surface area contributed by atoms with Gasteiger partial charge in [-0.2, -0.15) is 5.10 Å². The van der Waals surface area contributed by atoms with Gasteiger partial charge in [0.2, 0.25) is 0 Å². The van der Waals surface area contributed by atoms with Gasteiger partial charge in [0.05, 0.1) is 11.9 Å². The smallest absolute Gasteiger partial charge is 0.123 e. The number of aromatic hydroxyl groups is 1. The van der Waals surface area contributed by atoms with Crippen molar-refractivity contribution in [1.29, 1.82) is 0 Å². The first-order valence-electron chi connectivity index (χ1n) is 7.86. The highest BCUT2D eigenvalue weighted by atomic mass is 19.1. The number of nitrogens with zero attached hydrogens (tertiary/aromatic N) is 2. The largest absolute Gasteiger partial charge is 0.508 e. The molecule has 0 saturated heterocycles. The second kappa shape index (κ2) is 6.84. The molecule has 0 spiro atoms. The molecule has 124 valence electrons. The molecule has 1 aromatic heterocycles. The Morgan fingerprint density at radius 1 is 1.21 bits per heavy atom. The molecule has 0 saturated carbocycles. The number of rotatable bonds is 5. The molecule has 0 amide bonds. The van der Waals surface area contributed by atoms with Crippen LogP contribution in [-0.4, -0.2) is 14.9 Å². The summed E-state index contributed by atoms with van der Waals surface area (Å²) in [4.78, 5) is 0. The lowest BCUT2D eigenvalue weighted by molar-refractivity contribution is 0.473. The fourth-order valence-corrected chi connectivity index (χ4v) is 2.74. The molecule has 2 N–H and O–H groups in total. The molecule has 3 aromatic rings. The van der Waals surface area contributed by atoms with Crippen molar-refractivity contribution in [1.82, 2.24) is 15.1 Å². The lowest BCUT2D eigenvalue weighted by Gasteiger charge is -2.14. The Hall–Kier alpha value is -2.66. The van der Waals surface area contributed by atoms with Gasteiger partial charge in [0, 0.05) is 23.8 Å². The van der Waals surface area contributed by atoms with Crippen LogP contribution in [-0.2, 0) is 6.54 Å². The number of aromatic nitrogens is 2. The number of phenols is 1. The maximum absolute atomic E-state index is 13.1. The first-order valence-corrected chi connectivity index (χ1v) is 7.86. The van der Waals surface area contributed by atoms with Crippen LogP contribution in [0.4, 0.5) is 4.39 Å². The lowest BCUT2D eigenvalue weighted by atomic mass is 10.1. The van der Waals surface area contributed by atoms with E-state index in [2.05, 4.69) is 17.3 Å². The Kier molecular flexibility index (Phi) is 4.62. The third-order valence-corrected chi connectivity index (χ3v) is 4.11. The van der Waals surface area contributed by atoms with Crippen molar-refractivity contribution in [2.24, 2.45) is 0 Å². The Morgan fingerprint density at radius 2 is 1.96 bits per heavy atom. The minimum Gasteiger partial charge on any atom is -0.508 e. The molecular formula is C19H20FN3O. The van der Waals surface area contributed by atoms with Gasteiger partial charge in [-0.05, 0) is 55.8 Å². The van der Waals surface area contributed by atoms with Crippen LogP contribution in [0.2, 0.25) is 0 Å². The van der Waals surface area contributed by atoms with Crippen LogP contribution in [0, 0.1) is 12.7 Å². The zero-order chi connectivity index (χ0) is 17.1. The topological polar surface area (TPSA) is 50.1 Å². The molecule has 0 fully saturated rings. The summed E-state index contributed by atoms with van der Waals surface area (Å²) in [5.74, 6) is 0.00666. The highest BCUT2D eigenvalue weighted by Gasteiger charge is 2.14. The van der Waals surface area contributed by atoms with E-state index in [-0.39, 0.29) is 17.6 Å². The van der Waals surface area contributed by atoms with E-state index in [1.807, 2.05) is 25.3 Å². The van der Waals surface area contributed by atoms with Crippen molar-refractivity contribution in [2.75, 3.05) is 0 Å². The van der Waals surface area contributed by atoms with Crippen molar-refractivity contribution in [2.45, 2.75) is 26.4 Å². The summed E-state index contributed by atoms with van der Waals surface area (Å²) in [6.45, 7) is 4.72. The third kappa shape index (κ3) is 3.46. The first kappa shape index (κ1) is 16.2. The normalized spacial score (nSPS) is 12.3. The second-order valence-electron chi connectivity index (χ2n) is 5.85. The van der Waals surface area contributed by atoms with Crippen molar-refractivity contribution < 1.29 is 9.50 Å². The van der Waals surface area contributed by atoms with Crippen molar-refractivity contribution >= 4 is 0 Å². The third-order valence-electron chi connectivity index (χ3n) is 4.11. The number of hydrogen-bond donors (Lipinski definition) is 2.